The first-order valence-electron chi connectivity index (χ1n) is 5.25. The molecule has 2 atom stereocenters. The van der Waals surface area contributed by atoms with Gasteiger partial charge in [0, 0.05) is 6.04 Å². The lowest BCUT2D eigenvalue weighted by Crippen LogP contribution is -2.38. The van der Waals surface area contributed by atoms with Crippen molar-refractivity contribution in [2.45, 2.75) is 36.5 Å². The number of nitrogens with two attached hydrogens (primary N) is 1. The van der Waals surface area contributed by atoms with Crippen LogP contribution in [0.3, 0.4) is 0 Å². The van der Waals surface area contributed by atoms with Gasteiger partial charge < -0.3 is 5.73 Å². The van der Waals surface area contributed by atoms with E-state index in [0.717, 1.165) is 12.1 Å². The summed E-state index contributed by atoms with van der Waals surface area (Å²) in [7, 11) is -3.94. The van der Waals surface area contributed by atoms with Crippen molar-refractivity contribution in [3.05, 3.63) is 29.8 Å². The predicted molar refractivity (Wildman–Crippen MR) is 61.3 cm³/mol. The largest absolute Gasteiger partial charge is 0.327 e. The van der Waals surface area contributed by atoms with E-state index in [1.54, 1.807) is 6.92 Å². The van der Waals surface area contributed by atoms with Crippen LogP contribution in [0.25, 0.3) is 0 Å². The molecule has 0 fully saturated rings. The Bertz CT molecular complexity index is 502. The van der Waals surface area contributed by atoms with Crippen LogP contribution in [0.4, 0.5) is 8.78 Å². The number of hydrogen-bond donors (Lipinski definition) is 1. The topological polar surface area (TPSA) is 60.2 Å². The van der Waals surface area contributed by atoms with Crippen LogP contribution in [0, 0.1) is 11.6 Å². The molecule has 0 aliphatic rings. The summed E-state index contributed by atoms with van der Waals surface area (Å²) in [6.45, 7) is 3.13. The van der Waals surface area contributed by atoms with Crippen LogP contribution in [0.1, 0.15) is 20.3 Å². The van der Waals surface area contributed by atoms with E-state index in [-0.39, 0.29) is 0 Å². The molecule has 0 radical (unpaired) electrons. The van der Waals surface area contributed by atoms with Crippen LogP contribution in [0.5, 0.6) is 0 Å². The van der Waals surface area contributed by atoms with Gasteiger partial charge in [-0.2, -0.15) is 0 Å². The highest BCUT2D eigenvalue weighted by molar-refractivity contribution is 7.92. The summed E-state index contributed by atoms with van der Waals surface area (Å²) in [5.74, 6) is -1.75. The molecule has 3 nitrogen and oxygen atoms in total. The molecule has 0 saturated carbocycles. The van der Waals surface area contributed by atoms with E-state index in [9.17, 15) is 17.2 Å². The third kappa shape index (κ3) is 2.81. The van der Waals surface area contributed by atoms with Crippen molar-refractivity contribution in [2.24, 2.45) is 5.73 Å². The lowest BCUT2D eigenvalue weighted by atomic mass is 10.2. The molecule has 1 aromatic rings. The Morgan fingerprint density at radius 1 is 1.35 bits per heavy atom. The van der Waals surface area contributed by atoms with Crippen LogP contribution in [0.15, 0.2) is 23.1 Å². The van der Waals surface area contributed by atoms with Crippen LogP contribution < -0.4 is 5.73 Å². The van der Waals surface area contributed by atoms with Crippen molar-refractivity contribution in [3.8, 4) is 0 Å². The third-order valence-electron chi connectivity index (χ3n) is 2.76. The maximum Gasteiger partial charge on any atom is 0.185 e. The minimum Gasteiger partial charge on any atom is -0.327 e. The molecule has 0 spiro atoms. The monoisotopic (exact) mass is 263 g/mol. The van der Waals surface area contributed by atoms with Gasteiger partial charge in [0.05, 0.1) is 5.25 Å². The maximum absolute atomic E-state index is 13.4. The Hall–Kier alpha value is -1.01. The summed E-state index contributed by atoms with van der Waals surface area (Å²) in [6.07, 6.45) is 0.442. The normalized spacial score (nSPS) is 15.6. The molecule has 2 unspecified atom stereocenters. The lowest BCUT2D eigenvalue weighted by molar-refractivity contribution is 0.530. The standard InChI is InChI=1S/C11H15F2NO2S/c1-3-10(14)7(2)17(15,16)11-6-8(12)4-5-9(11)13/h4-7,10H,3,14H2,1-2H3. The fourth-order valence-corrected chi connectivity index (χ4v) is 3.13. The zero-order valence-corrected chi connectivity index (χ0v) is 10.5. The van der Waals surface area contributed by atoms with Gasteiger partial charge in [0.25, 0.3) is 0 Å². The van der Waals surface area contributed by atoms with E-state index >= 15 is 0 Å². The van der Waals surface area contributed by atoms with Crippen molar-refractivity contribution in [2.75, 3.05) is 0 Å². The molecule has 0 bridgehead atoms. The Kier molecular flexibility index (Phi) is 4.21. The van der Waals surface area contributed by atoms with Gasteiger partial charge in [-0.3, -0.25) is 0 Å². The van der Waals surface area contributed by atoms with Gasteiger partial charge in [0.15, 0.2) is 9.84 Å². The molecule has 1 rings (SSSR count). The molecule has 0 aromatic heterocycles. The molecular formula is C11H15F2NO2S. The fraction of sp³-hybridized carbons (Fsp3) is 0.455. The van der Waals surface area contributed by atoms with Crippen molar-refractivity contribution >= 4 is 9.84 Å². The van der Waals surface area contributed by atoms with E-state index in [4.69, 9.17) is 5.73 Å². The van der Waals surface area contributed by atoms with Crippen LogP contribution in [-0.4, -0.2) is 19.7 Å². The number of sulfone groups is 1. The average Bonchev–Trinajstić information content (AvgIpc) is 2.30. The number of hydrogen-bond acceptors (Lipinski definition) is 3. The fourth-order valence-electron chi connectivity index (χ4n) is 1.46. The van der Waals surface area contributed by atoms with E-state index in [1.807, 2.05) is 0 Å². The summed E-state index contributed by atoms with van der Waals surface area (Å²) in [5, 5.41) is -0.955. The van der Waals surface area contributed by atoms with Crippen LogP contribution in [-0.2, 0) is 9.84 Å². The first-order chi connectivity index (χ1) is 7.80. The summed E-state index contributed by atoms with van der Waals surface area (Å²) in [4.78, 5) is -0.631. The molecule has 0 amide bonds. The SMILES string of the molecule is CCC(N)C(C)S(=O)(=O)c1cc(F)ccc1F. The highest BCUT2D eigenvalue weighted by atomic mass is 32.2. The molecule has 0 saturated heterocycles. The van der Waals surface area contributed by atoms with Gasteiger partial charge in [-0.1, -0.05) is 6.92 Å². The van der Waals surface area contributed by atoms with Crippen molar-refractivity contribution < 1.29 is 17.2 Å². The van der Waals surface area contributed by atoms with Gasteiger partial charge >= 0.3 is 0 Å². The number of benzene rings is 1. The first-order valence-corrected chi connectivity index (χ1v) is 6.79. The molecule has 96 valence electrons. The smallest absolute Gasteiger partial charge is 0.185 e. The van der Waals surface area contributed by atoms with Gasteiger partial charge in [-0.15, -0.1) is 0 Å². The van der Waals surface area contributed by atoms with E-state index < -0.39 is 37.7 Å². The molecule has 1 aromatic carbocycles. The molecule has 6 heteroatoms. The van der Waals surface area contributed by atoms with Crippen LogP contribution in [0.2, 0.25) is 0 Å². The lowest BCUT2D eigenvalue weighted by Gasteiger charge is -2.19. The van der Waals surface area contributed by atoms with Crippen molar-refractivity contribution in [1.82, 2.24) is 0 Å². The minimum atomic E-state index is -3.94. The minimum absolute atomic E-state index is 0.442. The number of halogens is 2. The summed E-state index contributed by atoms with van der Waals surface area (Å²) >= 11 is 0. The average molecular weight is 263 g/mol. The van der Waals surface area contributed by atoms with Gasteiger partial charge in [-0.05, 0) is 31.5 Å². The molecule has 0 heterocycles. The second-order valence-corrected chi connectivity index (χ2v) is 6.17. The summed E-state index contributed by atoms with van der Waals surface area (Å²) in [6, 6.07) is 1.75. The van der Waals surface area contributed by atoms with E-state index in [0.29, 0.717) is 12.5 Å². The molecular weight excluding hydrogens is 248 g/mol. The molecule has 0 aliphatic carbocycles. The van der Waals surface area contributed by atoms with Gasteiger partial charge in [-0.25, -0.2) is 17.2 Å². The Morgan fingerprint density at radius 2 is 1.94 bits per heavy atom. The molecule has 2 N–H and O–H groups in total. The van der Waals surface area contributed by atoms with Gasteiger partial charge in [0.2, 0.25) is 0 Å². The molecule has 17 heavy (non-hydrogen) atoms. The van der Waals surface area contributed by atoms with Gasteiger partial charge in [0.1, 0.15) is 16.5 Å². The second-order valence-electron chi connectivity index (χ2n) is 3.90. The predicted octanol–water partition coefficient (Wildman–Crippen LogP) is 1.86. The Balaban J connectivity index is 3.26. The highest BCUT2D eigenvalue weighted by Gasteiger charge is 2.30. The number of rotatable bonds is 4. The van der Waals surface area contributed by atoms with Crippen molar-refractivity contribution in [1.29, 1.82) is 0 Å². The Morgan fingerprint density at radius 3 is 2.47 bits per heavy atom. The zero-order chi connectivity index (χ0) is 13.2. The van der Waals surface area contributed by atoms with E-state index in [1.165, 1.54) is 6.92 Å². The molecule has 0 aliphatic heterocycles. The summed E-state index contributed by atoms with van der Waals surface area (Å²) < 4.78 is 50.4. The summed E-state index contributed by atoms with van der Waals surface area (Å²) in [5.41, 5.74) is 5.63. The zero-order valence-electron chi connectivity index (χ0n) is 9.65. The maximum atomic E-state index is 13.4. The quantitative estimate of drug-likeness (QED) is 0.902. The van der Waals surface area contributed by atoms with E-state index in [2.05, 4.69) is 0 Å². The van der Waals surface area contributed by atoms with Crippen molar-refractivity contribution in [3.63, 3.8) is 0 Å². The second kappa shape index (κ2) is 5.10. The van der Waals surface area contributed by atoms with Crippen LogP contribution >= 0.6 is 0 Å². The third-order valence-corrected chi connectivity index (χ3v) is 5.02. The highest BCUT2D eigenvalue weighted by Crippen LogP contribution is 2.22. The first kappa shape index (κ1) is 14.1. The Labute approximate surface area is 99.6 Å².